The minimum atomic E-state index is -0.569. The summed E-state index contributed by atoms with van der Waals surface area (Å²) in [5, 5.41) is 4.10. The molecule has 2 aromatic carbocycles. The molecule has 4 N–H and O–H groups in total. The van der Waals surface area contributed by atoms with Crippen LogP contribution in [-0.4, -0.2) is 16.9 Å². The Kier molecular flexibility index (Phi) is 4.44. The van der Waals surface area contributed by atoms with E-state index in [1.807, 2.05) is 67.7 Å². The zero-order valence-corrected chi connectivity index (χ0v) is 13.1. The van der Waals surface area contributed by atoms with Crippen LogP contribution in [0.25, 0.3) is 10.9 Å². The zero-order chi connectivity index (χ0) is 16.2. The highest BCUT2D eigenvalue weighted by atomic mass is 16.2. The fourth-order valence-corrected chi connectivity index (χ4v) is 2.78. The smallest absolute Gasteiger partial charge is 0.237 e. The molecule has 0 saturated heterocycles. The molecule has 0 saturated carbocycles. The molecule has 0 aliphatic rings. The lowest BCUT2D eigenvalue weighted by molar-refractivity contribution is -0.123. The molecule has 3 rings (SSSR count). The number of aromatic amines is 1. The Hall–Kier alpha value is -2.59. The van der Waals surface area contributed by atoms with Gasteiger partial charge >= 0.3 is 0 Å². The largest absolute Gasteiger partial charge is 0.361 e. The summed E-state index contributed by atoms with van der Waals surface area (Å²) in [5.74, 6) is -0.133. The molecule has 0 spiro atoms. The number of fused-ring (bicyclic) bond motifs is 1. The van der Waals surface area contributed by atoms with E-state index in [2.05, 4.69) is 10.3 Å². The van der Waals surface area contributed by atoms with E-state index in [9.17, 15) is 4.79 Å². The van der Waals surface area contributed by atoms with Crippen molar-refractivity contribution in [2.24, 2.45) is 5.73 Å². The van der Waals surface area contributed by atoms with Crippen molar-refractivity contribution in [3.05, 3.63) is 71.9 Å². The average molecular weight is 307 g/mol. The highest BCUT2D eigenvalue weighted by molar-refractivity contribution is 5.86. The maximum Gasteiger partial charge on any atom is 0.237 e. The van der Waals surface area contributed by atoms with Gasteiger partial charge in [-0.05, 0) is 30.5 Å². The first-order valence-corrected chi connectivity index (χ1v) is 7.81. The Morgan fingerprint density at radius 3 is 2.61 bits per heavy atom. The first kappa shape index (κ1) is 15.3. The van der Waals surface area contributed by atoms with Crippen molar-refractivity contribution in [2.45, 2.75) is 25.4 Å². The molecule has 0 radical (unpaired) electrons. The van der Waals surface area contributed by atoms with Gasteiger partial charge in [0.25, 0.3) is 0 Å². The third-order valence-electron chi connectivity index (χ3n) is 4.11. The number of aromatic nitrogens is 1. The Labute approximate surface area is 135 Å². The molecular formula is C19H21N3O. The van der Waals surface area contributed by atoms with Gasteiger partial charge in [0.1, 0.15) is 0 Å². The van der Waals surface area contributed by atoms with Crippen molar-refractivity contribution in [2.75, 3.05) is 0 Å². The summed E-state index contributed by atoms with van der Waals surface area (Å²) in [7, 11) is 0. The number of carbonyl (C=O) groups is 1. The fraction of sp³-hybridized carbons (Fsp3) is 0.211. The highest BCUT2D eigenvalue weighted by Crippen LogP contribution is 2.19. The van der Waals surface area contributed by atoms with Gasteiger partial charge in [-0.15, -0.1) is 0 Å². The SMILES string of the molecule is C[C@H](NC(=O)[C@@H](N)Cc1c[nH]c2ccccc12)c1ccccc1. The maximum atomic E-state index is 12.3. The number of nitrogens with two attached hydrogens (primary N) is 1. The molecule has 1 amide bonds. The van der Waals surface area contributed by atoms with Crippen LogP contribution in [0.3, 0.4) is 0 Å². The van der Waals surface area contributed by atoms with Crippen LogP contribution in [0, 0.1) is 0 Å². The van der Waals surface area contributed by atoms with Crippen LogP contribution in [0.1, 0.15) is 24.1 Å². The van der Waals surface area contributed by atoms with E-state index in [4.69, 9.17) is 5.73 Å². The van der Waals surface area contributed by atoms with Gasteiger partial charge in [-0.3, -0.25) is 4.79 Å². The average Bonchev–Trinajstić information content (AvgIpc) is 2.98. The highest BCUT2D eigenvalue weighted by Gasteiger charge is 2.18. The van der Waals surface area contributed by atoms with E-state index in [-0.39, 0.29) is 11.9 Å². The van der Waals surface area contributed by atoms with Crippen LogP contribution < -0.4 is 11.1 Å². The minimum absolute atomic E-state index is 0.0577. The molecule has 2 atom stereocenters. The summed E-state index contributed by atoms with van der Waals surface area (Å²) < 4.78 is 0. The summed E-state index contributed by atoms with van der Waals surface area (Å²) in [5.41, 5.74) is 9.30. The summed E-state index contributed by atoms with van der Waals surface area (Å²) in [4.78, 5) is 15.6. The van der Waals surface area contributed by atoms with Gasteiger partial charge in [0.2, 0.25) is 5.91 Å². The van der Waals surface area contributed by atoms with Crippen molar-refractivity contribution in [3.63, 3.8) is 0 Å². The molecule has 0 unspecified atom stereocenters. The van der Waals surface area contributed by atoms with Gasteiger partial charge < -0.3 is 16.0 Å². The number of H-pyrrole nitrogens is 1. The summed E-state index contributed by atoms with van der Waals surface area (Å²) in [6, 6.07) is 17.3. The summed E-state index contributed by atoms with van der Waals surface area (Å²) >= 11 is 0. The number of rotatable bonds is 5. The summed E-state index contributed by atoms with van der Waals surface area (Å²) in [6.45, 7) is 1.96. The molecule has 118 valence electrons. The summed E-state index contributed by atoms with van der Waals surface area (Å²) in [6.07, 6.45) is 2.44. The van der Waals surface area contributed by atoms with Gasteiger partial charge in [0.15, 0.2) is 0 Å². The lowest BCUT2D eigenvalue weighted by Crippen LogP contribution is -2.42. The number of amides is 1. The molecule has 1 aromatic heterocycles. The standard InChI is InChI=1S/C19H21N3O/c1-13(14-7-3-2-4-8-14)22-19(23)17(20)11-15-12-21-18-10-6-5-9-16(15)18/h2-10,12-13,17,21H,11,20H2,1H3,(H,22,23)/t13-,17-/m0/s1. The van der Waals surface area contributed by atoms with E-state index in [1.165, 1.54) is 0 Å². The van der Waals surface area contributed by atoms with E-state index >= 15 is 0 Å². The first-order valence-electron chi connectivity index (χ1n) is 7.81. The molecule has 0 aliphatic heterocycles. The van der Waals surface area contributed by atoms with Crippen LogP contribution in [0.5, 0.6) is 0 Å². The number of para-hydroxylation sites is 1. The molecule has 0 bridgehead atoms. The second-order valence-corrected chi connectivity index (χ2v) is 5.81. The molecule has 0 aliphatic carbocycles. The number of carbonyl (C=O) groups excluding carboxylic acids is 1. The molecule has 23 heavy (non-hydrogen) atoms. The lowest BCUT2D eigenvalue weighted by atomic mass is 10.0. The van der Waals surface area contributed by atoms with Crippen molar-refractivity contribution >= 4 is 16.8 Å². The monoisotopic (exact) mass is 307 g/mol. The Bertz CT molecular complexity index is 794. The van der Waals surface area contributed by atoms with Gasteiger partial charge in [-0.2, -0.15) is 0 Å². The van der Waals surface area contributed by atoms with Gasteiger partial charge in [-0.1, -0.05) is 48.5 Å². The molecule has 4 nitrogen and oxygen atoms in total. The predicted octanol–water partition coefficient (Wildman–Crippen LogP) is 2.92. The molecule has 3 aromatic rings. The van der Waals surface area contributed by atoms with Crippen molar-refractivity contribution < 1.29 is 4.79 Å². The number of hydrogen-bond donors (Lipinski definition) is 3. The van der Waals surface area contributed by atoms with Crippen LogP contribution in [0.15, 0.2) is 60.8 Å². The van der Waals surface area contributed by atoms with E-state index in [1.54, 1.807) is 0 Å². The van der Waals surface area contributed by atoms with Crippen molar-refractivity contribution in [3.8, 4) is 0 Å². The third kappa shape index (κ3) is 3.43. The molecule has 4 heteroatoms. The van der Waals surface area contributed by atoms with Crippen LogP contribution in [0.2, 0.25) is 0 Å². The second-order valence-electron chi connectivity index (χ2n) is 5.81. The van der Waals surface area contributed by atoms with Crippen molar-refractivity contribution in [1.82, 2.24) is 10.3 Å². The van der Waals surface area contributed by atoms with E-state index in [0.717, 1.165) is 22.0 Å². The lowest BCUT2D eigenvalue weighted by Gasteiger charge is -2.17. The third-order valence-corrected chi connectivity index (χ3v) is 4.11. The van der Waals surface area contributed by atoms with Crippen LogP contribution in [-0.2, 0) is 11.2 Å². The van der Waals surface area contributed by atoms with Crippen LogP contribution in [0.4, 0.5) is 0 Å². The van der Waals surface area contributed by atoms with Crippen LogP contribution >= 0.6 is 0 Å². The van der Waals surface area contributed by atoms with Gasteiger partial charge in [0.05, 0.1) is 12.1 Å². The predicted molar refractivity (Wildman–Crippen MR) is 93.0 cm³/mol. The second kappa shape index (κ2) is 6.67. The minimum Gasteiger partial charge on any atom is -0.361 e. The Balaban J connectivity index is 1.66. The van der Waals surface area contributed by atoms with Gasteiger partial charge in [-0.25, -0.2) is 0 Å². The maximum absolute atomic E-state index is 12.3. The van der Waals surface area contributed by atoms with Gasteiger partial charge in [0, 0.05) is 17.1 Å². The Morgan fingerprint density at radius 2 is 1.83 bits per heavy atom. The molecule has 0 fully saturated rings. The quantitative estimate of drug-likeness (QED) is 0.678. The number of hydrogen-bond acceptors (Lipinski definition) is 2. The fourth-order valence-electron chi connectivity index (χ4n) is 2.78. The topological polar surface area (TPSA) is 70.9 Å². The number of benzene rings is 2. The molecular weight excluding hydrogens is 286 g/mol. The Morgan fingerprint density at radius 1 is 1.13 bits per heavy atom. The first-order chi connectivity index (χ1) is 11.1. The molecule has 1 heterocycles. The van der Waals surface area contributed by atoms with E-state index in [0.29, 0.717) is 6.42 Å². The normalized spacial score (nSPS) is 13.7. The number of nitrogens with one attached hydrogen (secondary N) is 2. The zero-order valence-electron chi connectivity index (χ0n) is 13.1. The van der Waals surface area contributed by atoms with E-state index < -0.39 is 6.04 Å². The van der Waals surface area contributed by atoms with Crippen molar-refractivity contribution in [1.29, 1.82) is 0 Å².